The lowest BCUT2D eigenvalue weighted by atomic mass is 9.99. The van der Waals surface area contributed by atoms with Gasteiger partial charge in [0.25, 0.3) is 0 Å². The summed E-state index contributed by atoms with van der Waals surface area (Å²) in [4.78, 5) is 14.5. The highest BCUT2D eigenvalue weighted by Gasteiger charge is 2.37. The summed E-state index contributed by atoms with van der Waals surface area (Å²) in [5.74, 6) is 0.364. The summed E-state index contributed by atoms with van der Waals surface area (Å²) >= 11 is 0. The van der Waals surface area contributed by atoms with E-state index in [9.17, 15) is 9.90 Å². The molecule has 3 heterocycles. The van der Waals surface area contributed by atoms with Gasteiger partial charge < -0.3 is 14.7 Å². The van der Waals surface area contributed by atoms with Crippen molar-refractivity contribution in [2.75, 3.05) is 13.1 Å². The molecular weight excluding hydrogens is 308 g/mol. The second kappa shape index (κ2) is 6.24. The Hall–Kier alpha value is -2.41. The lowest BCUT2D eigenvalue weighted by Crippen LogP contribution is -2.49. The normalized spacial score (nSPS) is 22.8. The Labute approximate surface area is 139 Å². The van der Waals surface area contributed by atoms with Crippen LogP contribution in [0.5, 0.6) is 5.75 Å². The molecule has 2 aliphatic heterocycles. The van der Waals surface area contributed by atoms with Gasteiger partial charge in [0.1, 0.15) is 5.75 Å². The molecule has 2 aromatic rings. The number of aromatic hydroxyl groups is 1. The fourth-order valence-corrected chi connectivity index (χ4v) is 3.53. The van der Waals surface area contributed by atoms with Crippen molar-refractivity contribution in [1.82, 2.24) is 19.9 Å². The van der Waals surface area contributed by atoms with Crippen LogP contribution in [-0.4, -0.2) is 50.1 Å². The first-order valence-electron chi connectivity index (χ1n) is 8.27. The zero-order chi connectivity index (χ0) is 16.5. The molecule has 1 fully saturated rings. The van der Waals surface area contributed by atoms with Crippen molar-refractivity contribution in [3.63, 3.8) is 0 Å². The summed E-state index contributed by atoms with van der Waals surface area (Å²) in [7, 11) is 0. The first-order valence-corrected chi connectivity index (χ1v) is 8.27. The van der Waals surface area contributed by atoms with Gasteiger partial charge in [0.05, 0.1) is 30.6 Å². The van der Waals surface area contributed by atoms with E-state index < -0.39 is 0 Å². The van der Waals surface area contributed by atoms with Crippen LogP contribution in [0.3, 0.4) is 0 Å². The lowest BCUT2D eigenvalue weighted by molar-refractivity contribution is -0.138. The highest BCUT2D eigenvalue weighted by molar-refractivity contribution is 5.76. The number of likely N-dealkylation sites (tertiary alicyclic amines) is 1. The quantitative estimate of drug-likeness (QED) is 0.918. The van der Waals surface area contributed by atoms with E-state index >= 15 is 0 Å². The Morgan fingerprint density at radius 2 is 2.33 bits per heavy atom. The number of carbonyl (C=O) groups excluding carboxylic acids is 1. The Kier molecular flexibility index (Phi) is 3.93. The van der Waals surface area contributed by atoms with Crippen LogP contribution in [0.15, 0.2) is 30.5 Å². The summed E-state index contributed by atoms with van der Waals surface area (Å²) in [5.41, 5.74) is 1.93. The van der Waals surface area contributed by atoms with Crippen molar-refractivity contribution in [3.05, 3.63) is 41.7 Å². The van der Waals surface area contributed by atoms with Crippen molar-refractivity contribution in [2.45, 2.75) is 38.0 Å². The number of aryl methyl sites for hydroxylation is 1. The number of piperidine rings is 1. The number of nitrogens with zero attached hydrogens (tertiary/aromatic N) is 4. The maximum atomic E-state index is 12.6. The van der Waals surface area contributed by atoms with Crippen molar-refractivity contribution in [3.8, 4) is 5.75 Å². The summed E-state index contributed by atoms with van der Waals surface area (Å²) in [6.45, 7) is 1.86. The van der Waals surface area contributed by atoms with Gasteiger partial charge in [0.2, 0.25) is 5.91 Å². The molecule has 4 rings (SSSR count). The smallest absolute Gasteiger partial charge is 0.222 e. The Balaban J connectivity index is 1.40. The lowest BCUT2D eigenvalue weighted by Gasteiger charge is -2.41. The number of ether oxygens (including phenoxy) is 1. The Bertz CT molecular complexity index is 745. The monoisotopic (exact) mass is 328 g/mol. The average Bonchev–Trinajstić information content (AvgIpc) is 3.08. The standard InChI is InChI=1S/C17H20N4O3/c22-14-3-1-2-12(8-14)4-5-17(23)20-7-6-16-15(10-20)21-13(11-24-16)9-18-19-21/h1-3,8-9,15-16,22H,4-7,10-11H2. The number of aromatic nitrogens is 3. The van der Waals surface area contributed by atoms with Gasteiger partial charge in [-0.2, -0.15) is 0 Å². The molecule has 1 aromatic carbocycles. The molecule has 0 aliphatic carbocycles. The number of hydrogen-bond acceptors (Lipinski definition) is 5. The molecule has 24 heavy (non-hydrogen) atoms. The topological polar surface area (TPSA) is 80.5 Å². The van der Waals surface area contributed by atoms with Crippen LogP contribution in [0.1, 0.15) is 30.1 Å². The van der Waals surface area contributed by atoms with Gasteiger partial charge in [0.15, 0.2) is 0 Å². The zero-order valence-corrected chi connectivity index (χ0v) is 13.3. The summed E-state index contributed by atoms with van der Waals surface area (Å²) in [6, 6.07) is 7.11. The third-order valence-electron chi connectivity index (χ3n) is 4.82. The number of benzene rings is 1. The van der Waals surface area contributed by atoms with Crippen LogP contribution in [0.2, 0.25) is 0 Å². The molecule has 0 spiro atoms. The number of carbonyl (C=O) groups is 1. The molecule has 2 unspecified atom stereocenters. The SMILES string of the molecule is O=C(CCc1cccc(O)c1)N1CCC2OCc3cnnn3C2C1. The molecule has 1 aromatic heterocycles. The minimum absolute atomic E-state index is 0.0507. The van der Waals surface area contributed by atoms with Crippen LogP contribution in [-0.2, 0) is 22.6 Å². The third-order valence-corrected chi connectivity index (χ3v) is 4.82. The average molecular weight is 328 g/mol. The van der Waals surface area contributed by atoms with E-state index in [2.05, 4.69) is 10.3 Å². The second-order valence-corrected chi connectivity index (χ2v) is 6.39. The van der Waals surface area contributed by atoms with Gasteiger partial charge in [-0.1, -0.05) is 17.3 Å². The van der Waals surface area contributed by atoms with Crippen molar-refractivity contribution in [1.29, 1.82) is 0 Å². The first-order chi connectivity index (χ1) is 11.7. The maximum Gasteiger partial charge on any atom is 0.222 e. The molecule has 126 valence electrons. The maximum absolute atomic E-state index is 12.6. The molecule has 7 heteroatoms. The fourth-order valence-electron chi connectivity index (χ4n) is 3.53. The second-order valence-electron chi connectivity index (χ2n) is 6.39. The Morgan fingerprint density at radius 1 is 1.42 bits per heavy atom. The zero-order valence-electron chi connectivity index (χ0n) is 13.3. The number of amides is 1. The van der Waals surface area contributed by atoms with E-state index in [1.165, 1.54) is 0 Å². The summed E-state index contributed by atoms with van der Waals surface area (Å²) in [5, 5.41) is 17.6. The van der Waals surface area contributed by atoms with Crippen LogP contribution in [0.4, 0.5) is 0 Å². The highest BCUT2D eigenvalue weighted by atomic mass is 16.5. The van der Waals surface area contributed by atoms with Crippen LogP contribution >= 0.6 is 0 Å². The predicted octanol–water partition coefficient (Wildman–Crippen LogP) is 1.29. The third kappa shape index (κ3) is 2.87. The van der Waals surface area contributed by atoms with Crippen LogP contribution < -0.4 is 0 Å². The molecule has 0 radical (unpaired) electrons. The molecule has 1 saturated heterocycles. The minimum Gasteiger partial charge on any atom is -0.508 e. The summed E-state index contributed by atoms with van der Waals surface area (Å²) < 4.78 is 7.78. The molecule has 2 atom stereocenters. The largest absolute Gasteiger partial charge is 0.508 e. The molecule has 0 bridgehead atoms. The van der Waals surface area contributed by atoms with Crippen LogP contribution in [0, 0.1) is 0 Å². The molecule has 1 amide bonds. The van der Waals surface area contributed by atoms with Crippen molar-refractivity contribution in [2.24, 2.45) is 0 Å². The van der Waals surface area contributed by atoms with E-state index in [1.54, 1.807) is 24.4 Å². The number of fused-ring (bicyclic) bond motifs is 3. The van der Waals surface area contributed by atoms with E-state index in [-0.39, 0.29) is 23.8 Å². The van der Waals surface area contributed by atoms with Gasteiger partial charge in [-0.25, -0.2) is 4.68 Å². The number of phenolic OH excluding ortho intramolecular Hbond substituents is 1. The number of rotatable bonds is 3. The number of hydrogen-bond donors (Lipinski definition) is 1. The van der Waals surface area contributed by atoms with Gasteiger partial charge in [-0.3, -0.25) is 4.79 Å². The molecule has 0 saturated carbocycles. The van der Waals surface area contributed by atoms with Crippen molar-refractivity contribution >= 4 is 5.91 Å². The van der Waals surface area contributed by atoms with Gasteiger partial charge in [-0.05, 0) is 30.5 Å². The Morgan fingerprint density at radius 3 is 3.21 bits per heavy atom. The molecule has 7 nitrogen and oxygen atoms in total. The van der Waals surface area contributed by atoms with E-state index in [0.717, 1.165) is 17.7 Å². The number of phenols is 1. The van der Waals surface area contributed by atoms with Crippen LogP contribution in [0.25, 0.3) is 0 Å². The van der Waals surface area contributed by atoms with Crippen molar-refractivity contribution < 1.29 is 14.6 Å². The molecular formula is C17H20N4O3. The fraction of sp³-hybridized carbons (Fsp3) is 0.471. The first kappa shape index (κ1) is 15.1. The van der Waals surface area contributed by atoms with Gasteiger partial charge in [-0.15, -0.1) is 5.10 Å². The van der Waals surface area contributed by atoms with Gasteiger partial charge >= 0.3 is 0 Å². The highest BCUT2D eigenvalue weighted by Crippen LogP contribution is 2.30. The minimum atomic E-state index is 0.0507. The summed E-state index contributed by atoms with van der Waals surface area (Å²) in [6.07, 6.45) is 3.71. The van der Waals surface area contributed by atoms with E-state index in [1.807, 2.05) is 15.6 Å². The van der Waals surface area contributed by atoms with Gasteiger partial charge in [0, 0.05) is 19.5 Å². The molecule has 1 N–H and O–H groups in total. The van der Waals surface area contributed by atoms with E-state index in [4.69, 9.17) is 4.74 Å². The van der Waals surface area contributed by atoms with E-state index in [0.29, 0.717) is 32.5 Å². The molecule has 2 aliphatic rings. The predicted molar refractivity (Wildman–Crippen MR) is 85.3 cm³/mol.